The number of pyridine rings is 1. The molecule has 0 aromatic carbocycles. The summed E-state index contributed by atoms with van der Waals surface area (Å²) in [7, 11) is 0. The molecule has 1 atom stereocenters. The Labute approximate surface area is 161 Å². The molecule has 0 unspecified atom stereocenters. The number of carbonyl (C=O) groups is 3. The topological polar surface area (TPSA) is 76.6 Å². The normalized spacial score (nSPS) is 19.8. The van der Waals surface area contributed by atoms with E-state index in [4.69, 9.17) is 4.74 Å². The SMILES string of the molecule is CCC(C)(C)C(=O)C(=O)N1CCC[C@@]1(C)C(=O)OCCCc1cccnc1. The Hall–Kier alpha value is -2.24. The molecule has 1 amide bonds. The molecular formula is C21H30N2O4. The second-order valence-electron chi connectivity index (χ2n) is 8.00. The first-order chi connectivity index (χ1) is 12.7. The van der Waals surface area contributed by atoms with E-state index >= 15 is 0 Å². The van der Waals surface area contributed by atoms with Gasteiger partial charge < -0.3 is 9.64 Å². The fourth-order valence-corrected chi connectivity index (χ4v) is 3.22. The minimum absolute atomic E-state index is 0.278. The Morgan fingerprint density at radius 3 is 2.70 bits per heavy atom. The largest absolute Gasteiger partial charge is 0.464 e. The molecule has 2 rings (SSSR count). The smallest absolute Gasteiger partial charge is 0.331 e. The van der Waals surface area contributed by atoms with E-state index in [9.17, 15) is 14.4 Å². The number of carbonyl (C=O) groups excluding carboxylic acids is 3. The zero-order chi connectivity index (χ0) is 20.1. The fourth-order valence-electron chi connectivity index (χ4n) is 3.22. The quantitative estimate of drug-likeness (QED) is 0.397. The third-order valence-electron chi connectivity index (χ3n) is 5.58. The zero-order valence-corrected chi connectivity index (χ0v) is 16.8. The standard InChI is InChI=1S/C21H30N2O4/c1-5-20(2,3)17(24)18(25)23-13-8-11-21(23,4)19(26)27-14-7-10-16-9-6-12-22-15-16/h6,9,12,15H,5,7-8,10-11,13-14H2,1-4H3/t21-/m0/s1. The minimum atomic E-state index is -1.06. The van der Waals surface area contributed by atoms with Crippen molar-refractivity contribution in [1.82, 2.24) is 9.88 Å². The van der Waals surface area contributed by atoms with Crippen LogP contribution in [0.4, 0.5) is 0 Å². The van der Waals surface area contributed by atoms with Crippen LogP contribution < -0.4 is 0 Å². The van der Waals surface area contributed by atoms with Crippen LogP contribution >= 0.6 is 0 Å². The predicted octanol–water partition coefficient (Wildman–Crippen LogP) is 2.94. The molecule has 0 saturated carbocycles. The Balaban J connectivity index is 1.95. The molecule has 1 fully saturated rings. The number of likely N-dealkylation sites (tertiary alicyclic amines) is 1. The molecule has 1 saturated heterocycles. The summed E-state index contributed by atoms with van der Waals surface area (Å²) in [4.78, 5) is 43.5. The van der Waals surface area contributed by atoms with Gasteiger partial charge in [-0.2, -0.15) is 0 Å². The summed E-state index contributed by atoms with van der Waals surface area (Å²) in [6.07, 6.45) is 6.74. The maximum atomic E-state index is 12.7. The molecule has 148 valence electrons. The van der Waals surface area contributed by atoms with Crippen LogP contribution in [-0.4, -0.2) is 46.2 Å². The Bertz CT molecular complexity index is 687. The van der Waals surface area contributed by atoms with Gasteiger partial charge in [-0.15, -0.1) is 0 Å². The maximum Gasteiger partial charge on any atom is 0.331 e. The van der Waals surface area contributed by atoms with Crippen LogP contribution in [0.15, 0.2) is 24.5 Å². The van der Waals surface area contributed by atoms with Crippen LogP contribution in [0.5, 0.6) is 0 Å². The van der Waals surface area contributed by atoms with E-state index < -0.39 is 28.6 Å². The molecule has 0 N–H and O–H groups in total. The lowest BCUT2D eigenvalue weighted by atomic mass is 9.84. The summed E-state index contributed by atoms with van der Waals surface area (Å²) in [5.41, 5.74) is -0.705. The molecule has 6 heteroatoms. The van der Waals surface area contributed by atoms with Gasteiger partial charge in [0.15, 0.2) is 0 Å². The van der Waals surface area contributed by atoms with Gasteiger partial charge in [0.05, 0.1) is 6.61 Å². The monoisotopic (exact) mass is 374 g/mol. The van der Waals surface area contributed by atoms with Gasteiger partial charge in [0.1, 0.15) is 5.54 Å². The first-order valence-corrected chi connectivity index (χ1v) is 9.65. The average molecular weight is 374 g/mol. The van der Waals surface area contributed by atoms with E-state index in [0.29, 0.717) is 32.2 Å². The van der Waals surface area contributed by atoms with Crippen molar-refractivity contribution in [2.24, 2.45) is 5.41 Å². The average Bonchev–Trinajstić information content (AvgIpc) is 3.07. The van der Waals surface area contributed by atoms with Crippen molar-refractivity contribution in [3.8, 4) is 0 Å². The molecule has 0 spiro atoms. The molecule has 27 heavy (non-hydrogen) atoms. The predicted molar refractivity (Wildman–Crippen MR) is 102 cm³/mol. The highest BCUT2D eigenvalue weighted by Crippen LogP contribution is 2.33. The number of amides is 1. The number of Topliss-reactive ketones (excluding diaryl/α,β-unsaturated/α-hetero) is 1. The molecule has 1 aromatic heterocycles. The lowest BCUT2D eigenvalue weighted by molar-refractivity contribution is -0.163. The maximum absolute atomic E-state index is 12.7. The number of ether oxygens (including phenoxy) is 1. The summed E-state index contributed by atoms with van der Waals surface area (Å²) in [5, 5.41) is 0. The number of aryl methyl sites for hydroxylation is 1. The van der Waals surface area contributed by atoms with Crippen LogP contribution in [-0.2, 0) is 25.5 Å². The van der Waals surface area contributed by atoms with Crippen LogP contribution in [0.25, 0.3) is 0 Å². The van der Waals surface area contributed by atoms with Crippen molar-refractivity contribution in [2.75, 3.05) is 13.2 Å². The van der Waals surface area contributed by atoms with Crippen molar-refractivity contribution in [3.63, 3.8) is 0 Å². The number of aromatic nitrogens is 1. The van der Waals surface area contributed by atoms with E-state index in [1.165, 1.54) is 4.90 Å². The van der Waals surface area contributed by atoms with Crippen molar-refractivity contribution < 1.29 is 19.1 Å². The van der Waals surface area contributed by atoms with Crippen molar-refractivity contribution >= 4 is 17.7 Å². The summed E-state index contributed by atoms with van der Waals surface area (Å²) in [6.45, 7) is 7.79. The molecule has 6 nitrogen and oxygen atoms in total. The van der Waals surface area contributed by atoms with Crippen LogP contribution in [0.1, 0.15) is 58.9 Å². The van der Waals surface area contributed by atoms with Gasteiger partial charge in [0.25, 0.3) is 5.91 Å². The molecule has 1 aliphatic rings. The number of nitrogens with zero attached hydrogens (tertiary/aromatic N) is 2. The molecule has 0 aliphatic carbocycles. The summed E-state index contributed by atoms with van der Waals surface area (Å²) < 4.78 is 5.46. The molecule has 0 radical (unpaired) electrons. The number of ketones is 1. The van der Waals surface area contributed by atoms with Crippen LogP contribution in [0.2, 0.25) is 0 Å². The molecule has 2 heterocycles. The Morgan fingerprint density at radius 1 is 1.33 bits per heavy atom. The highest BCUT2D eigenvalue weighted by Gasteiger charge is 2.50. The molecule has 1 aromatic rings. The first kappa shape index (κ1) is 21.1. The zero-order valence-electron chi connectivity index (χ0n) is 16.8. The van der Waals surface area contributed by atoms with Crippen LogP contribution in [0, 0.1) is 5.41 Å². The van der Waals surface area contributed by atoms with E-state index in [1.807, 2.05) is 19.1 Å². The molecule has 0 bridgehead atoms. The minimum Gasteiger partial charge on any atom is -0.464 e. The second-order valence-corrected chi connectivity index (χ2v) is 8.00. The van der Waals surface area contributed by atoms with Gasteiger partial charge >= 0.3 is 5.97 Å². The number of rotatable bonds is 8. The van der Waals surface area contributed by atoms with Crippen molar-refractivity contribution in [3.05, 3.63) is 30.1 Å². The van der Waals surface area contributed by atoms with E-state index in [1.54, 1.807) is 33.2 Å². The highest BCUT2D eigenvalue weighted by atomic mass is 16.5. The lowest BCUT2D eigenvalue weighted by Crippen LogP contribution is -2.55. The van der Waals surface area contributed by atoms with Gasteiger partial charge in [-0.3, -0.25) is 14.6 Å². The van der Waals surface area contributed by atoms with Gasteiger partial charge in [0.2, 0.25) is 5.78 Å². The van der Waals surface area contributed by atoms with Gasteiger partial charge in [-0.05, 0) is 50.7 Å². The van der Waals surface area contributed by atoms with Crippen molar-refractivity contribution in [2.45, 2.75) is 65.3 Å². The third-order valence-corrected chi connectivity index (χ3v) is 5.58. The van der Waals surface area contributed by atoms with E-state index in [-0.39, 0.29) is 6.61 Å². The first-order valence-electron chi connectivity index (χ1n) is 9.65. The summed E-state index contributed by atoms with van der Waals surface area (Å²) in [5.74, 6) is -1.45. The fraction of sp³-hybridized carbons (Fsp3) is 0.619. The molecule has 1 aliphatic heterocycles. The lowest BCUT2D eigenvalue weighted by Gasteiger charge is -2.34. The highest BCUT2D eigenvalue weighted by molar-refractivity contribution is 6.38. The summed E-state index contributed by atoms with van der Waals surface area (Å²) >= 11 is 0. The Morgan fingerprint density at radius 2 is 2.07 bits per heavy atom. The second kappa shape index (κ2) is 8.63. The number of hydrogen-bond acceptors (Lipinski definition) is 5. The van der Waals surface area contributed by atoms with Gasteiger partial charge in [0, 0.05) is 24.4 Å². The number of hydrogen-bond donors (Lipinski definition) is 0. The van der Waals surface area contributed by atoms with E-state index in [2.05, 4.69) is 4.98 Å². The van der Waals surface area contributed by atoms with Crippen molar-refractivity contribution in [1.29, 1.82) is 0 Å². The third kappa shape index (κ3) is 4.73. The number of esters is 1. The summed E-state index contributed by atoms with van der Waals surface area (Å²) in [6, 6.07) is 3.85. The van der Waals surface area contributed by atoms with E-state index in [0.717, 1.165) is 12.0 Å². The molecular weight excluding hydrogens is 344 g/mol. The Kier molecular flexibility index (Phi) is 6.73. The van der Waals surface area contributed by atoms with Gasteiger partial charge in [-0.25, -0.2) is 4.79 Å². The van der Waals surface area contributed by atoms with Crippen LogP contribution in [0.3, 0.4) is 0 Å². The van der Waals surface area contributed by atoms with Gasteiger partial charge in [-0.1, -0.05) is 26.8 Å².